The van der Waals surface area contributed by atoms with Crippen LogP contribution >= 0.6 is 11.3 Å². The summed E-state index contributed by atoms with van der Waals surface area (Å²) in [5.74, 6) is -1.91. The number of halogens is 3. The molecule has 11 heteroatoms. The number of carbonyl (C=O) groups is 1. The van der Waals surface area contributed by atoms with Gasteiger partial charge in [-0.3, -0.25) is 4.90 Å². The lowest BCUT2D eigenvalue weighted by molar-refractivity contribution is -0.192. The highest BCUT2D eigenvalue weighted by Gasteiger charge is 2.38. The molecule has 0 saturated carbocycles. The van der Waals surface area contributed by atoms with E-state index in [4.69, 9.17) is 19.1 Å². The van der Waals surface area contributed by atoms with Crippen molar-refractivity contribution in [3.05, 3.63) is 64.3 Å². The predicted octanol–water partition coefficient (Wildman–Crippen LogP) is 4.29. The third kappa shape index (κ3) is 6.94. The molecule has 1 N–H and O–H groups in total. The number of hydrogen-bond donors (Lipinski definition) is 1. The molecule has 0 amide bonds. The molecular formula is C20H22F3N3O4S. The second-order valence-corrected chi connectivity index (χ2v) is 7.88. The van der Waals surface area contributed by atoms with Gasteiger partial charge in [-0.25, -0.2) is 9.78 Å². The molecule has 7 nitrogen and oxygen atoms in total. The van der Waals surface area contributed by atoms with Crippen LogP contribution in [0.4, 0.5) is 13.2 Å². The molecule has 0 saturated heterocycles. The molecule has 0 unspecified atom stereocenters. The quantitative estimate of drug-likeness (QED) is 0.595. The third-order valence-corrected chi connectivity index (χ3v) is 5.41. The average molecular weight is 457 g/mol. The minimum atomic E-state index is -5.08. The monoisotopic (exact) mass is 457 g/mol. The summed E-state index contributed by atoms with van der Waals surface area (Å²) < 4.78 is 45.1. The van der Waals surface area contributed by atoms with Crippen molar-refractivity contribution in [2.75, 3.05) is 6.54 Å². The van der Waals surface area contributed by atoms with Crippen molar-refractivity contribution in [2.45, 2.75) is 45.4 Å². The van der Waals surface area contributed by atoms with Crippen LogP contribution in [-0.2, 0) is 42.4 Å². The lowest BCUT2D eigenvalue weighted by Gasteiger charge is -2.19. The number of ether oxygens (including phenoxy) is 1. The minimum absolute atomic E-state index is 0.484. The van der Waals surface area contributed by atoms with Crippen LogP contribution in [0.2, 0.25) is 0 Å². The Kier molecular flexibility index (Phi) is 7.88. The molecule has 0 radical (unpaired) electrons. The Morgan fingerprint density at radius 2 is 2.06 bits per heavy atom. The molecule has 0 bridgehead atoms. The predicted molar refractivity (Wildman–Crippen MR) is 106 cm³/mol. The zero-order chi connectivity index (χ0) is 22.3. The Morgan fingerprint density at radius 3 is 2.71 bits per heavy atom. The van der Waals surface area contributed by atoms with Crippen molar-refractivity contribution < 1.29 is 32.2 Å². The van der Waals surface area contributed by atoms with Crippen LogP contribution < -0.4 is 0 Å². The van der Waals surface area contributed by atoms with Gasteiger partial charge < -0.3 is 18.8 Å². The van der Waals surface area contributed by atoms with Gasteiger partial charge in [0.2, 0.25) is 0 Å². The molecule has 31 heavy (non-hydrogen) atoms. The van der Waals surface area contributed by atoms with E-state index in [1.54, 1.807) is 6.26 Å². The maximum Gasteiger partial charge on any atom is 0.490 e. The fraction of sp³-hybridized carbons (Fsp3) is 0.400. The lowest BCUT2D eigenvalue weighted by Crippen LogP contribution is -2.23. The van der Waals surface area contributed by atoms with Crippen molar-refractivity contribution >= 4 is 17.3 Å². The van der Waals surface area contributed by atoms with Gasteiger partial charge in [0.1, 0.15) is 12.4 Å². The van der Waals surface area contributed by atoms with E-state index in [9.17, 15) is 13.2 Å². The molecule has 0 aromatic carbocycles. The number of furan rings is 1. The number of hydrogen-bond acceptors (Lipinski definition) is 6. The number of fused-ring (bicyclic) bond motifs is 1. The van der Waals surface area contributed by atoms with E-state index >= 15 is 0 Å². The van der Waals surface area contributed by atoms with E-state index in [-0.39, 0.29) is 0 Å². The fourth-order valence-corrected chi connectivity index (χ4v) is 3.85. The van der Waals surface area contributed by atoms with Crippen molar-refractivity contribution in [1.29, 1.82) is 0 Å². The molecular weight excluding hydrogens is 435 g/mol. The number of thiophene rings is 1. The van der Waals surface area contributed by atoms with Crippen LogP contribution in [0, 0.1) is 0 Å². The van der Waals surface area contributed by atoms with E-state index in [2.05, 4.69) is 32.0 Å². The summed E-state index contributed by atoms with van der Waals surface area (Å²) in [6.07, 6.45) is -0.305. The Morgan fingerprint density at radius 1 is 1.26 bits per heavy atom. The topological polar surface area (TPSA) is 80.7 Å². The molecule has 168 valence electrons. The Bertz CT molecular complexity index is 940. The average Bonchev–Trinajstić information content (AvgIpc) is 3.45. The second kappa shape index (κ2) is 10.6. The van der Waals surface area contributed by atoms with Gasteiger partial charge in [0.15, 0.2) is 0 Å². The number of carboxylic acids is 1. The number of aliphatic carboxylic acids is 1. The van der Waals surface area contributed by atoms with Gasteiger partial charge in [-0.15, -0.1) is 11.3 Å². The first-order valence-electron chi connectivity index (χ1n) is 9.51. The second-order valence-electron chi connectivity index (χ2n) is 6.85. The highest BCUT2D eigenvalue weighted by Crippen LogP contribution is 2.20. The number of rotatable bonds is 6. The van der Waals surface area contributed by atoms with Gasteiger partial charge in [0, 0.05) is 31.1 Å². The van der Waals surface area contributed by atoms with E-state index in [1.807, 2.05) is 29.8 Å². The molecule has 1 aliphatic rings. The summed E-state index contributed by atoms with van der Waals surface area (Å²) in [5, 5.41) is 9.27. The number of aryl methyl sites for hydroxylation is 1. The normalized spacial score (nSPS) is 14.4. The standard InChI is InChI=1S/C18H21N3O2S.C2HF3O2/c1-4-15(23-8-1)12-22-13-17-18-11-20(10-16-5-2-9-24-16)6-3-7-21(18)14-19-17;3-2(4,5)1(6)7/h1-2,4-5,8-9,14H,3,6-7,10-13H2;(H,6,7). The van der Waals surface area contributed by atoms with Crippen LogP contribution in [0.3, 0.4) is 0 Å². The van der Waals surface area contributed by atoms with Crippen molar-refractivity contribution in [3.63, 3.8) is 0 Å². The maximum atomic E-state index is 10.6. The Hall–Kier alpha value is -2.63. The minimum Gasteiger partial charge on any atom is -0.475 e. The molecule has 4 rings (SSSR count). The van der Waals surface area contributed by atoms with Gasteiger partial charge >= 0.3 is 12.1 Å². The summed E-state index contributed by atoms with van der Waals surface area (Å²) in [7, 11) is 0. The molecule has 0 spiro atoms. The Balaban J connectivity index is 0.000000339. The van der Waals surface area contributed by atoms with Crippen LogP contribution in [0.5, 0.6) is 0 Å². The summed E-state index contributed by atoms with van der Waals surface area (Å²) >= 11 is 1.82. The fourth-order valence-electron chi connectivity index (χ4n) is 3.10. The smallest absolute Gasteiger partial charge is 0.475 e. The molecule has 3 aromatic heterocycles. The van der Waals surface area contributed by atoms with Crippen LogP contribution in [0.1, 0.15) is 28.4 Å². The zero-order valence-corrected chi connectivity index (χ0v) is 17.4. The van der Waals surface area contributed by atoms with Crippen LogP contribution in [-0.4, -0.2) is 38.2 Å². The summed E-state index contributed by atoms with van der Waals surface area (Å²) in [4.78, 5) is 17.4. The van der Waals surface area contributed by atoms with Gasteiger partial charge in [0.05, 0.1) is 30.6 Å². The first kappa shape index (κ1) is 23.0. The van der Waals surface area contributed by atoms with Crippen LogP contribution in [0.25, 0.3) is 0 Å². The number of alkyl halides is 3. The van der Waals surface area contributed by atoms with Gasteiger partial charge in [-0.1, -0.05) is 6.07 Å². The van der Waals surface area contributed by atoms with Gasteiger partial charge in [-0.2, -0.15) is 13.2 Å². The Labute approximate surface area is 180 Å². The van der Waals surface area contributed by atoms with E-state index in [1.165, 1.54) is 10.6 Å². The molecule has 3 aromatic rings. The maximum absolute atomic E-state index is 10.6. The van der Waals surface area contributed by atoms with Crippen molar-refractivity contribution in [2.24, 2.45) is 0 Å². The molecule has 0 aliphatic carbocycles. The number of imidazole rings is 1. The first-order chi connectivity index (χ1) is 14.8. The van der Waals surface area contributed by atoms with E-state index in [0.717, 1.165) is 44.1 Å². The molecule has 0 atom stereocenters. The zero-order valence-electron chi connectivity index (χ0n) is 16.5. The van der Waals surface area contributed by atoms with Crippen molar-refractivity contribution in [1.82, 2.24) is 14.5 Å². The van der Waals surface area contributed by atoms with Crippen LogP contribution in [0.15, 0.2) is 46.7 Å². The van der Waals surface area contributed by atoms with Gasteiger partial charge in [0.25, 0.3) is 0 Å². The summed E-state index contributed by atoms with van der Waals surface area (Å²) in [6, 6.07) is 8.14. The molecule has 4 heterocycles. The van der Waals surface area contributed by atoms with E-state index < -0.39 is 12.1 Å². The SMILES string of the molecule is O=C(O)C(F)(F)F.c1coc(COCc2ncn3c2CN(Cc2cccs2)CCC3)c1. The highest BCUT2D eigenvalue weighted by molar-refractivity contribution is 7.09. The third-order valence-electron chi connectivity index (χ3n) is 4.54. The number of carboxylic acid groups (broad SMARTS) is 1. The van der Waals surface area contributed by atoms with Crippen molar-refractivity contribution in [3.8, 4) is 0 Å². The molecule has 1 aliphatic heterocycles. The number of aromatic nitrogens is 2. The highest BCUT2D eigenvalue weighted by atomic mass is 32.1. The van der Waals surface area contributed by atoms with Gasteiger partial charge in [-0.05, 0) is 30.0 Å². The molecule has 0 fully saturated rings. The number of nitrogens with zero attached hydrogens (tertiary/aromatic N) is 3. The first-order valence-corrected chi connectivity index (χ1v) is 10.4. The largest absolute Gasteiger partial charge is 0.490 e. The summed E-state index contributed by atoms with van der Waals surface area (Å²) in [5.41, 5.74) is 2.32. The lowest BCUT2D eigenvalue weighted by atomic mass is 10.3. The summed E-state index contributed by atoms with van der Waals surface area (Å²) in [6.45, 7) is 5.09. The van der Waals surface area contributed by atoms with E-state index in [0.29, 0.717) is 13.2 Å².